The molecule has 0 unspecified atom stereocenters. The van der Waals surface area contributed by atoms with Crippen LogP contribution in [-0.4, -0.2) is 15.6 Å². The molecule has 1 aromatic carbocycles. The molecule has 0 aliphatic heterocycles. The number of carbonyl (C=O) groups excluding carboxylic acids is 1. The second kappa shape index (κ2) is 4.93. The number of carbonyl (C=O) groups is 1. The Bertz CT molecular complexity index is 601. The first-order chi connectivity index (χ1) is 8.06. The van der Waals surface area contributed by atoms with Crippen LogP contribution in [0.15, 0.2) is 33.5 Å². The van der Waals surface area contributed by atoms with Crippen LogP contribution in [-0.2, 0) is 6.54 Å². The number of rotatable bonds is 3. The van der Waals surface area contributed by atoms with Crippen molar-refractivity contribution in [1.29, 1.82) is 0 Å². The van der Waals surface area contributed by atoms with Crippen molar-refractivity contribution in [3.8, 4) is 0 Å². The summed E-state index contributed by atoms with van der Waals surface area (Å²) in [7, 11) is 0. The quantitative estimate of drug-likeness (QED) is 0.817. The van der Waals surface area contributed by atoms with Crippen molar-refractivity contribution in [2.45, 2.75) is 13.5 Å². The first kappa shape index (κ1) is 12.2. The Morgan fingerprint density at radius 1 is 1.41 bits per heavy atom. The van der Waals surface area contributed by atoms with Crippen molar-refractivity contribution in [1.82, 2.24) is 9.78 Å². The Morgan fingerprint density at radius 2 is 2.06 bits per heavy atom. The molecular weight excluding hydrogens is 304 g/mol. The molecule has 0 spiro atoms. The van der Waals surface area contributed by atoms with Gasteiger partial charge in [0.25, 0.3) is 0 Å². The van der Waals surface area contributed by atoms with Crippen LogP contribution in [0.25, 0.3) is 0 Å². The summed E-state index contributed by atoms with van der Waals surface area (Å²) in [5, 5.41) is 4.65. The van der Waals surface area contributed by atoms with Crippen molar-refractivity contribution >= 4 is 33.0 Å². The molecule has 88 valence electrons. The molecule has 0 N–H and O–H groups in total. The maximum Gasteiger partial charge on any atom is 0.325 e. The van der Waals surface area contributed by atoms with Gasteiger partial charge in [0, 0.05) is 10.0 Å². The fourth-order valence-corrected chi connectivity index (χ4v) is 2.24. The molecule has 0 saturated heterocycles. The average molecular weight is 313 g/mol. The third kappa shape index (κ3) is 2.89. The van der Waals surface area contributed by atoms with Crippen LogP contribution in [0.4, 0.5) is 0 Å². The van der Waals surface area contributed by atoms with Gasteiger partial charge in [0.1, 0.15) is 11.6 Å². The number of aromatic nitrogens is 2. The van der Waals surface area contributed by atoms with E-state index in [9.17, 15) is 9.59 Å². The molecule has 0 saturated carbocycles. The SMILES string of the molecule is Cc1nn(CC(=O)c2ccc(Br)cc2)c(=O)s1. The van der Waals surface area contributed by atoms with Gasteiger partial charge in [-0.15, -0.1) is 0 Å². The first-order valence-electron chi connectivity index (χ1n) is 4.89. The lowest BCUT2D eigenvalue weighted by atomic mass is 10.1. The number of benzene rings is 1. The van der Waals surface area contributed by atoms with E-state index >= 15 is 0 Å². The summed E-state index contributed by atoms with van der Waals surface area (Å²) in [6, 6.07) is 7.03. The standard InChI is InChI=1S/C11H9BrN2O2S/c1-7-13-14(11(16)17-7)6-10(15)8-2-4-9(12)5-3-8/h2-5H,6H2,1H3. The van der Waals surface area contributed by atoms with E-state index < -0.39 is 0 Å². The van der Waals surface area contributed by atoms with Crippen molar-refractivity contribution in [2.75, 3.05) is 0 Å². The number of hydrogen-bond donors (Lipinski definition) is 0. The molecule has 1 aromatic heterocycles. The van der Waals surface area contributed by atoms with E-state index in [1.54, 1.807) is 31.2 Å². The molecule has 0 bridgehead atoms. The zero-order valence-electron chi connectivity index (χ0n) is 9.01. The molecular formula is C11H9BrN2O2S. The fourth-order valence-electron chi connectivity index (χ4n) is 1.37. The van der Waals surface area contributed by atoms with Gasteiger partial charge in [0.15, 0.2) is 5.78 Å². The lowest BCUT2D eigenvalue weighted by molar-refractivity contribution is 0.0966. The summed E-state index contributed by atoms with van der Waals surface area (Å²) in [5.74, 6) is -0.120. The number of halogens is 1. The van der Waals surface area contributed by atoms with Gasteiger partial charge >= 0.3 is 4.87 Å². The molecule has 17 heavy (non-hydrogen) atoms. The Labute approximate surface area is 110 Å². The van der Waals surface area contributed by atoms with Crippen LogP contribution in [0.5, 0.6) is 0 Å². The lowest BCUT2D eigenvalue weighted by Gasteiger charge is -2.00. The fraction of sp³-hybridized carbons (Fsp3) is 0.182. The van der Waals surface area contributed by atoms with Gasteiger partial charge < -0.3 is 0 Å². The van der Waals surface area contributed by atoms with Crippen LogP contribution in [0, 0.1) is 6.92 Å². The smallest absolute Gasteiger partial charge is 0.292 e. The summed E-state index contributed by atoms with van der Waals surface area (Å²) in [5.41, 5.74) is 0.575. The number of aryl methyl sites for hydroxylation is 1. The zero-order valence-corrected chi connectivity index (χ0v) is 11.4. The zero-order chi connectivity index (χ0) is 12.4. The van der Waals surface area contributed by atoms with E-state index in [-0.39, 0.29) is 17.2 Å². The van der Waals surface area contributed by atoms with E-state index in [4.69, 9.17) is 0 Å². The van der Waals surface area contributed by atoms with Crippen LogP contribution in [0.1, 0.15) is 15.4 Å². The summed E-state index contributed by atoms with van der Waals surface area (Å²) in [6.45, 7) is 1.73. The van der Waals surface area contributed by atoms with E-state index in [1.807, 2.05) is 0 Å². The molecule has 4 nitrogen and oxygen atoms in total. The Kier molecular flexibility index (Phi) is 3.54. The molecule has 0 fully saturated rings. The first-order valence-corrected chi connectivity index (χ1v) is 6.50. The van der Waals surface area contributed by atoms with E-state index in [2.05, 4.69) is 21.0 Å². The Hall–Kier alpha value is -1.27. The minimum atomic E-state index is -0.201. The molecule has 1 heterocycles. The molecule has 2 rings (SSSR count). The van der Waals surface area contributed by atoms with Crippen molar-refractivity contribution < 1.29 is 4.79 Å². The molecule has 0 amide bonds. The van der Waals surface area contributed by atoms with Crippen LogP contribution < -0.4 is 4.87 Å². The van der Waals surface area contributed by atoms with Gasteiger partial charge in [0.05, 0.1) is 0 Å². The highest BCUT2D eigenvalue weighted by Gasteiger charge is 2.10. The predicted molar refractivity (Wildman–Crippen MR) is 69.6 cm³/mol. The highest BCUT2D eigenvalue weighted by Crippen LogP contribution is 2.11. The molecule has 0 aliphatic carbocycles. The highest BCUT2D eigenvalue weighted by atomic mass is 79.9. The second-order valence-corrected chi connectivity index (χ2v) is 5.53. The van der Waals surface area contributed by atoms with E-state index in [0.717, 1.165) is 15.8 Å². The van der Waals surface area contributed by atoms with Crippen molar-refractivity contribution in [3.05, 3.63) is 49.0 Å². The largest absolute Gasteiger partial charge is 0.325 e. The molecule has 0 aliphatic rings. The van der Waals surface area contributed by atoms with Crippen molar-refractivity contribution in [2.24, 2.45) is 0 Å². The summed E-state index contributed by atoms with van der Waals surface area (Å²) in [6.07, 6.45) is 0. The summed E-state index contributed by atoms with van der Waals surface area (Å²) >= 11 is 4.34. The topological polar surface area (TPSA) is 52.0 Å². The molecule has 0 radical (unpaired) electrons. The third-order valence-electron chi connectivity index (χ3n) is 2.17. The number of nitrogens with zero attached hydrogens (tertiary/aromatic N) is 2. The number of ketones is 1. The maximum absolute atomic E-state index is 11.9. The number of Topliss-reactive ketones (excluding diaryl/α,β-unsaturated/α-hetero) is 1. The summed E-state index contributed by atoms with van der Waals surface area (Å²) in [4.78, 5) is 23.1. The number of hydrogen-bond acceptors (Lipinski definition) is 4. The Balaban J connectivity index is 2.20. The monoisotopic (exact) mass is 312 g/mol. The average Bonchev–Trinajstić information content (AvgIpc) is 2.58. The lowest BCUT2D eigenvalue weighted by Crippen LogP contribution is -2.20. The minimum Gasteiger partial charge on any atom is -0.292 e. The highest BCUT2D eigenvalue weighted by molar-refractivity contribution is 9.10. The summed E-state index contributed by atoms with van der Waals surface area (Å²) < 4.78 is 2.11. The van der Waals surface area contributed by atoms with Gasteiger partial charge in [-0.2, -0.15) is 5.10 Å². The van der Waals surface area contributed by atoms with E-state index in [1.165, 1.54) is 4.68 Å². The molecule has 0 atom stereocenters. The van der Waals surface area contributed by atoms with Crippen LogP contribution >= 0.6 is 27.3 Å². The van der Waals surface area contributed by atoms with Gasteiger partial charge in [-0.3, -0.25) is 9.59 Å². The van der Waals surface area contributed by atoms with E-state index in [0.29, 0.717) is 10.6 Å². The third-order valence-corrected chi connectivity index (χ3v) is 3.46. The van der Waals surface area contributed by atoms with Crippen LogP contribution in [0.2, 0.25) is 0 Å². The normalized spacial score (nSPS) is 10.5. The van der Waals surface area contributed by atoms with Gasteiger partial charge in [-0.1, -0.05) is 39.4 Å². The minimum absolute atomic E-state index is 0.00912. The van der Waals surface area contributed by atoms with Crippen LogP contribution in [0.3, 0.4) is 0 Å². The molecule has 6 heteroatoms. The van der Waals surface area contributed by atoms with Gasteiger partial charge in [-0.05, 0) is 19.1 Å². The van der Waals surface area contributed by atoms with Gasteiger partial charge in [0.2, 0.25) is 0 Å². The molecule has 2 aromatic rings. The van der Waals surface area contributed by atoms with Gasteiger partial charge in [-0.25, -0.2) is 4.68 Å². The predicted octanol–water partition coefficient (Wildman–Crippen LogP) is 2.26. The second-order valence-electron chi connectivity index (χ2n) is 3.47. The van der Waals surface area contributed by atoms with Crippen molar-refractivity contribution in [3.63, 3.8) is 0 Å². The maximum atomic E-state index is 11.9. The Morgan fingerprint density at radius 3 is 2.59 bits per heavy atom.